The van der Waals surface area contributed by atoms with Crippen molar-refractivity contribution in [3.63, 3.8) is 0 Å². The van der Waals surface area contributed by atoms with Gasteiger partial charge in [0, 0.05) is 6.20 Å². The molecule has 4 rings (SSSR count). The average Bonchev–Trinajstić information content (AvgIpc) is 3.20. The Hall–Kier alpha value is -2.77. The van der Waals surface area contributed by atoms with E-state index in [0.717, 1.165) is 10.7 Å². The van der Waals surface area contributed by atoms with Crippen LogP contribution >= 0.6 is 23.4 Å². The molecule has 5 nitrogen and oxygen atoms in total. The predicted molar refractivity (Wildman–Crippen MR) is 120 cm³/mol. The van der Waals surface area contributed by atoms with E-state index in [0.29, 0.717) is 27.6 Å². The van der Waals surface area contributed by atoms with E-state index in [1.54, 1.807) is 38.1 Å². The lowest BCUT2D eigenvalue weighted by molar-refractivity contribution is -0.139. The first-order valence-corrected chi connectivity index (χ1v) is 11.0. The topological polar surface area (TPSA) is 51.1 Å². The quantitative estimate of drug-likeness (QED) is 0.510. The van der Waals surface area contributed by atoms with Gasteiger partial charge in [0.2, 0.25) is 0 Å². The summed E-state index contributed by atoms with van der Waals surface area (Å²) < 4.78 is 24.5. The minimum absolute atomic E-state index is 0.190. The third kappa shape index (κ3) is 4.48. The summed E-state index contributed by atoms with van der Waals surface area (Å²) in [4.78, 5) is 19.2. The second kappa shape index (κ2) is 9.16. The molecule has 0 aliphatic carbocycles. The molecule has 2 heterocycles. The van der Waals surface area contributed by atoms with E-state index >= 15 is 0 Å². The van der Waals surface area contributed by atoms with Crippen LogP contribution in [0.1, 0.15) is 31.0 Å². The number of ether oxygens (including phenoxy) is 2. The molecule has 2 aliphatic rings. The normalized spacial score (nSPS) is 17.5. The van der Waals surface area contributed by atoms with Crippen LogP contribution in [0.5, 0.6) is 5.75 Å². The molecule has 0 bridgehead atoms. The number of nitrogens with zero attached hydrogens (tertiary/aromatic N) is 2. The zero-order valence-electron chi connectivity index (χ0n) is 17.0. The molecule has 0 radical (unpaired) electrons. The molecule has 2 aromatic rings. The zero-order valence-corrected chi connectivity index (χ0v) is 18.5. The predicted octanol–water partition coefficient (Wildman–Crippen LogP) is 5.83. The van der Waals surface area contributed by atoms with Crippen LogP contribution in [-0.2, 0) is 16.1 Å². The molecule has 0 saturated heterocycles. The van der Waals surface area contributed by atoms with Gasteiger partial charge in [-0.25, -0.2) is 14.2 Å². The number of hydrogen-bond acceptors (Lipinski definition) is 6. The van der Waals surface area contributed by atoms with Crippen molar-refractivity contribution in [1.29, 1.82) is 0 Å². The Bertz CT molecular complexity index is 1120. The maximum Gasteiger partial charge on any atom is 0.338 e. The van der Waals surface area contributed by atoms with Gasteiger partial charge >= 0.3 is 5.97 Å². The lowest BCUT2D eigenvalue weighted by Crippen LogP contribution is -2.34. The number of rotatable bonds is 6. The standard InChI is InChI=1S/C23H20ClFN2O3S/c1-3-29-22(28)20-14(2)26-23-27(9-10-31-23)21(20)16-7-8-19(18(24)12-16)30-13-15-5-4-6-17(25)11-15/h4-12,21H,3,13H2,1-2H3. The first kappa shape index (κ1) is 21.5. The highest BCUT2D eigenvalue weighted by Crippen LogP contribution is 2.42. The third-order valence-electron chi connectivity index (χ3n) is 4.87. The third-order valence-corrected chi connectivity index (χ3v) is 5.94. The second-order valence-electron chi connectivity index (χ2n) is 6.94. The van der Waals surface area contributed by atoms with Crippen LogP contribution in [-0.4, -0.2) is 22.6 Å². The van der Waals surface area contributed by atoms with Crippen molar-refractivity contribution in [2.24, 2.45) is 4.99 Å². The van der Waals surface area contributed by atoms with Gasteiger partial charge in [0.25, 0.3) is 0 Å². The number of hydrogen-bond donors (Lipinski definition) is 0. The highest BCUT2D eigenvalue weighted by Gasteiger charge is 2.37. The summed E-state index contributed by atoms with van der Waals surface area (Å²) in [6, 6.07) is 11.2. The van der Waals surface area contributed by atoms with E-state index in [-0.39, 0.29) is 19.0 Å². The van der Waals surface area contributed by atoms with Crippen molar-refractivity contribution < 1.29 is 18.7 Å². The molecule has 0 N–H and O–H groups in total. The summed E-state index contributed by atoms with van der Waals surface area (Å²) in [7, 11) is 0. The number of amidine groups is 1. The first-order chi connectivity index (χ1) is 15.0. The van der Waals surface area contributed by atoms with Gasteiger partial charge in [0.15, 0.2) is 5.17 Å². The summed E-state index contributed by atoms with van der Waals surface area (Å²) in [6.45, 7) is 4.04. The summed E-state index contributed by atoms with van der Waals surface area (Å²) in [5, 5.41) is 3.11. The van der Waals surface area contributed by atoms with Crippen molar-refractivity contribution >= 4 is 34.5 Å². The molecule has 0 fully saturated rings. The SMILES string of the molecule is CCOC(=O)C1=C(C)N=C2SC=CN2C1c1ccc(OCc2cccc(F)c2)c(Cl)c1. The smallest absolute Gasteiger partial charge is 0.338 e. The highest BCUT2D eigenvalue weighted by molar-refractivity contribution is 8.16. The number of fused-ring (bicyclic) bond motifs is 1. The van der Waals surface area contributed by atoms with Crippen LogP contribution in [0, 0.1) is 5.82 Å². The van der Waals surface area contributed by atoms with E-state index in [1.807, 2.05) is 22.6 Å². The van der Waals surface area contributed by atoms with E-state index in [1.165, 1.54) is 23.9 Å². The number of allylic oxidation sites excluding steroid dienone is 1. The molecule has 0 amide bonds. The Balaban J connectivity index is 1.62. The van der Waals surface area contributed by atoms with Gasteiger partial charge in [-0.05, 0) is 54.6 Å². The summed E-state index contributed by atoms with van der Waals surface area (Å²) in [6.07, 6.45) is 1.89. The summed E-state index contributed by atoms with van der Waals surface area (Å²) in [5.74, 6) is -0.243. The Morgan fingerprint density at radius 1 is 1.29 bits per heavy atom. The highest BCUT2D eigenvalue weighted by atomic mass is 35.5. The molecule has 0 aromatic heterocycles. The molecule has 0 spiro atoms. The van der Waals surface area contributed by atoms with Crippen molar-refractivity contribution in [2.45, 2.75) is 26.5 Å². The number of carbonyl (C=O) groups is 1. The molecular weight excluding hydrogens is 439 g/mol. The fourth-order valence-corrected chi connectivity index (χ4v) is 4.53. The molecule has 160 valence electrons. The zero-order chi connectivity index (χ0) is 22.0. The van der Waals surface area contributed by atoms with E-state index in [4.69, 9.17) is 21.1 Å². The number of aliphatic imine (C=N–C) groups is 1. The largest absolute Gasteiger partial charge is 0.487 e. The molecule has 1 unspecified atom stereocenters. The molecule has 1 atom stereocenters. The lowest BCUT2D eigenvalue weighted by Gasteiger charge is -2.33. The molecule has 2 aromatic carbocycles. The van der Waals surface area contributed by atoms with Crippen LogP contribution in [0.2, 0.25) is 5.02 Å². The van der Waals surface area contributed by atoms with Gasteiger partial charge < -0.3 is 14.4 Å². The van der Waals surface area contributed by atoms with Gasteiger partial charge in [0.05, 0.1) is 28.9 Å². The molecule has 8 heteroatoms. The Labute approximate surface area is 189 Å². The Morgan fingerprint density at radius 3 is 2.87 bits per heavy atom. The number of benzene rings is 2. The van der Waals surface area contributed by atoms with Gasteiger partial charge in [0.1, 0.15) is 18.2 Å². The van der Waals surface area contributed by atoms with Crippen molar-refractivity contribution in [3.05, 3.63) is 87.3 Å². The fraction of sp³-hybridized carbons (Fsp3) is 0.217. The maximum absolute atomic E-state index is 13.4. The molecular formula is C23H20ClFN2O3S. The molecule has 2 aliphatic heterocycles. The minimum atomic E-state index is -0.410. The lowest BCUT2D eigenvalue weighted by atomic mass is 9.94. The van der Waals surface area contributed by atoms with Gasteiger partial charge in [-0.15, -0.1) is 0 Å². The van der Waals surface area contributed by atoms with E-state index in [2.05, 4.69) is 4.99 Å². The maximum atomic E-state index is 13.4. The average molecular weight is 459 g/mol. The number of halogens is 2. The minimum Gasteiger partial charge on any atom is -0.487 e. The van der Waals surface area contributed by atoms with E-state index < -0.39 is 12.0 Å². The van der Waals surface area contributed by atoms with Crippen molar-refractivity contribution in [1.82, 2.24) is 4.90 Å². The number of esters is 1. The van der Waals surface area contributed by atoms with Gasteiger partial charge in [-0.1, -0.05) is 41.6 Å². The fourth-order valence-electron chi connectivity index (χ4n) is 3.49. The second-order valence-corrected chi connectivity index (χ2v) is 8.22. The van der Waals surface area contributed by atoms with Gasteiger partial charge in [-0.2, -0.15) is 0 Å². The van der Waals surface area contributed by atoms with Crippen LogP contribution in [0.15, 0.2) is 70.3 Å². The molecule has 0 saturated carbocycles. The van der Waals surface area contributed by atoms with Gasteiger partial charge in [-0.3, -0.25) is 0 Å². The number of thioether (sulfide) groups is 1. The van der Waals surface area contributed by atoms with Crippen molar-refractivity contribution in [2.75, 3.05) is 6.61 Å². The first-order valence-electron chi connectivity index (χ1n) is 9.73. The van der Waals surface area contributed by atoms with E-state index in [9.17, 15) is 9.18 Å². The van der Waals surface area contributed by atoms with Crippen LogP contribution in [0.4, 0.5) is 4.39 Å². The number of carbonyl (C=O) groups excluding carboxylic acids is 1. The summed E-state index contributed by atoms with van der Waals surface area (Å²) in [5.41, 5.74) is 2.61. The van der Waals surface area contributed by atoms with Crippen LogP contribution in [0.25, 0.3) is 0 Å². The summed E-state index contributed by atoms with van der Waals surface area (Å²) >= 11 is 8.00. The van der Waals surface area contributed by atoms with Crippen LogP contribution in [0.3, 0.4) is 0 Å². The monoisotopic (exact) mass is 458 g/mol. The Morgan fingerprint density at radius 2 is 2.13 bits per heavy atom. The van der Waals surface area contributed by atoms with Crippen LogP contribution < -0.4 is 4.74 Å². The van der Waals surface area contributed by atoms with Crippen molar-refractivity contribution in [3.8, 4) is 5.75 Å². The molecule has 31 heavy (non-hydrogen) atoms. The Kier molecular flexibility index (Phi) is 6.34.